The van der Waals surface area contributed by atoms with E-state index in [9.17, 15) is 0 Å². The molecule has 0 bridgehead atoms. The predicted molar refractivity (Wildman–Crippen MR) is 226 cm³/mol. The Morgan fingerprint density at radius 3 is 1.48 bits per heavy atom. The first-order valence-corrected chi connectivity index (χ1v) is 20.9. The summed E-state index contributed by atoms with van der Waals surface area (Å²) >= 11 is 3.84. The van der Waals surface area contributed by atoms with Crippen LogP contribution in [0.15, 0.2) is 156 Å². The van der Waals surface area contributed by atoms with Crippen LogP contribution in [0.4, 0.5) is 34.1 Å². The summed E-state index contributed by atoms with van der Waals surface area (Å²) in [5.41, 5.74) is 13.0. The van der Waals surface area contributed by atoms with Crippen molar-refractivity contribution in [1.82, 2.24) is 9.97 Å². The van der Waals surface area contributed by atoms with Crippen LogP contribution in [0, 0.1) is 0 Å². The normalized spacial score (nSPS) is 23.1. The van der Waals surface area contributed by atoms with Crippen molar-refractivity contribution in [3.8, 4) is 34.1 Å². The first-order valence-electron chi connectivity index (χ1n) is 19.2. The highest BCUT2D eigenvalue weighted by molar-refractivity contribution is 8.00. The minimum atomic E-state index is 0.0587. The standard InChI is InChI=1S/C48H32N4O2S2/c1-26-47-33(18-27(24-49-47)51-35-12-4-6-14-39(35)53-41-22-45-31(20-37(41)51)29-10-2-8-16-43(29)55-45)34-19-28(25-50-48(26)34)52-36-13-5-7-15-40(36)54-42-23-46-32(21-38(42)52)30-11-3-9-17-44(30)56-46/h2-26,29-30,43-44H,1H3. The number of hydrogen-bond acceptors (Lipinski definition) is 8. The van der Waals surface area contributed by atoms with Gasteiger partial charge in [-0.1, -0.05) is 79.8 Å². The summed E-state index contributed by atoms with van der Waals surface area (Å²) in [7, 11) is 0. The van der Waals surface area contributed by atoms with Gasteiger partial charge in [0.25, 0.3) is 0 Å². The van der Waals surface area contributed by atoms with E-state index in [1.165, 1.54) is 20.9 Å². The summed E-state index contributed by atoms with van der Waals surface area (Å²) in [4.78, 5) is 17.6. The van der Waals surface area contributed by atoms with E-state index < -0.39 is 0 Å². The number of ether oxygens (including phenoxy) is 2. The van der Waals surface area contributed by atoms with E-state index >= 15 is 0 Å². The molecule has 4 aromatic carbocycles. The lowest BCUT2D eigenvalue weighted by Crippen LogP contribution is -2.17. The Hall–Kier alpha value is -5.96. The predicted octanol–water partition coefficient (Wildman–Crippen LogP) is 13.1. The summed E-state index contributed by atoms with van der Waals surface area (Å²) in [6.45, 7) is 2.22. The van der Waals surface area contributed by atoms with Crippen LogP contribution in [-0.4, -0.2) is 20.5 Å². The molecule has 4 unspecified atom stereocenters. The Morgan fingerprint density at radius 2 is 0.982 bits per heavy atom. The van der Waals surface area contributed by atoms with Crippen LogP contribution >= 0.6 is 23.5 Å². The van der Waals surface area contributed by atoms with Crippen molar-refractivity contribution in [2.24, 2.45) is 0 Å². The lowest BCUT2D eigenvalue weighted by atomic mass is 9.91. The molecule has 0 saturated carbocycles. The number of benzene rings is 4. The summed E-state index contributed by atoms with van der Waals surface area (Å²) in [5.74, 6) is 4.13. The summed E-state index contributed by atoms with van der Waals surface area (Å²) in [6, 6.07) is 30.4. The van der Waals surface area contributed by atoms with E-state index in [0.717, 1.165) is 79.6 Å². The topological polar surface area (TPSA) is 50.7 Å². The van der Waals surface area contributed by atoms with E-state index in [1.54, 1.807) is 0 Å². The SMILES string of the molecule is CC1c2ncc(N3c4ccccc4Oc4cc5c(cc43)C3C=CC=CC3S5)cc2-c2cc(N3c4ccccc4Oc4cc5c(cc43)C3C=CC=CC3S5)cnc21. The van der Waals surface area contributed by atoms with Gasteiger partial charge in [-0.15, -0.1) is 23.5 Å². The average Bonchev–Trinajstić information content (AvgIpc) is 3.88. The van der Waals surface area contributed by atoms with Gasteiger partial charge in [-0.05, 0) is 71.8 Å². The molecule has 0 spiro atoms. The highest BCUT2D eigenvalue weighted by Crippen LogP contribution is 2.59. The van der Waals surface area contributed by atoms with E-state index in [4.69, 9.17) is 19.4 Å². The lowest BCUT2D eigenvalue weighted by Gasteiger charge is -2.34. The van der Waals surface area contributed by atoms with Crippen molar-refractivity contribution >= 4 is 57.6 Å². The van der Waals surface area contributed by atoms with Gasteiger partial charge in [0.15, 0.2) is 23.0 Å². The quantitative estimate of drug-likeness (QED) is 0.173. The van der Waals surface area contributed by atoms with Gasteiger partial charge in [0, 0.05) is 49.2 Å². The van der Waals surface area contributed by atoms with Gasteiger partial charge in [-0.3, -0.25) is 9.97 Å². The Bertz CT molecular complexity index is 2670. The van der Waals surface area contributed by atoms with Gasteiger partial charge < -0.3 is 19.3 Å². The second kappa shape index (κ2) is 11.5. The van der Waals surface area contributed by atoms with Crippen molar-refractivity contribution < 1.29 is 9.47 Å². The van der Waals surface area contributed by atoms with Gasteiger partial charge in [-0.2, -0.15) is 0 Å². The van der Waals surface area contributed by atoms with Gasteiger partial charge in [-0.25, -0.2) is 0 Å². The molecule has 13 rings (SSSR count). The molecule has 4 aliphatic heterocycles. The van der Waals surface area contributed by atoms with E-state index in [2.05, 4.69) is 138 Å². The number of allylic oxidation sites excluding steroid dienone is 6. The molecule has 4 atom stereocenters. The molecule has 0 fully saturated rings. The van der Waals surface area contributed by atoms with E-state index in [-0.39, 0.29) is 5.92 Å². The number of nitrogens with zero attached hydrogens (tertiary/aromatic N) is 4. The Morgan fingerprint density at radius 1 is 0.518 bits per heavy atom. The zero-order chi connectivity index (χ0) is 36.6. The average molecular weight is 761 g/mol. The molecule has 3 aliphatic carbocycles. The number of anilines is 6. The van der Waals surface area contributed by atoms with Crippen LogP contribution in [0.3, 0.4) is 0 Å². The summed E-state index contributed by atoms with van der Waals surface area (Å²) in [5, 5.41) is 0.804. The monoisotopic (exact) mass is 760 g/mol. The van der Waals surface area contributed by atoms with Crippen molar-refractivity contribution in [3.05, 3.63) is 168 Å². The second-order valence-electron chi connectivity index (χ2n) is 15.3. The van der Waals surface area contributed by atoms with Crippen molar-refractivity contribution in [1.29, 1.82) is 0 Å². The van der Waals surface area contributed by atoms with Crippen LogP contribution in [0.2, 0.25) is 0 Å². The number of rotatable bonds is 2. The van der Waals surface area contributed by atoms with E-state index in [0.29, 0.717) is 22.3 Å². The minimum absolute atomic E-state index is 0.0587. The Balaban J connectivity index is 0.953. The highest BCUT2D eigenvalue weighted by atomic mass is 32.2. The molecule has 268 valence electrons. The molecular weight excluding hydrogens is 729 g/mol. The fourth-order valence-corrected chi connectivity index (χ4v) is 12.3. The zero-order valence-electron chi connectivity index (χ0n) is 30.2. The van der Waals surface area contributed by atoms with Crippen molar-refractivity contribution in [2.75, 3.05) is 9.80 Å². The number of aromatic nitrogens is 2. The van der Waals surface area contributed by atoms with Gasteiger partial charge in [0.2, 0.25) is 0 Å². The van der Waals surface area contributed by atoms with Crippen molar-refractivity contribution in [3.63, 3.8) is 0 Å². The van der Waals surface area contributed by atoms with Crippen LogP contribution < -0.4 is 19.3 Å². The van der Waals surface area contributed by atoms with Crippen LogP contribution in [-0.2, 0) is 0 Å². The molecule has 0 N–H and O–H groups in total. The number of thioether (sulfide) groups is 2. The smallest absolute Gasteiger partial charge is 0.152 e. The molecule has 7 aliphatic rings. The maximum atomic E-state index is 6.63. The first-order chi connectivity index (χ1) is 27.6. The molecule has 6 heterocycles. The molecule has 56 heavy (non-hydrogen) atoms. The molecular formula is C48H32N4O2S2. The Kier molecular flexibility index (Phi) is 6.44. The molecule has 6 aromatic rings. The van der Waals surface area contributed by atoms with Gasteiger partial charge in [0.05, 0.1) is 57.9 Å². The zero-order valence-corrected chi connectivity index (χ0v) is 31.8. The van der Waals surface area contributed by atoms with Crippen LogP contribution in [0.1, 0.15) is 47.2 Å². The van der Waals surface area contributed by atoms with E-state index in [1.807, 2.05) is 48.1 Å². The lowest BCUT2D eigenvalue weighted by molar-refractivity contribution is 0.475. The largest absolute Gasteiger partial charge is 0.453 e. The number of fused-ring (bicyclic) bond motifs is 13. The summed E-state index contributed by atoms with van der Waals surface area (Å²) < 4.78 is 13.3. The molecule has 2 aromatic heterocycles. The third kappa shape index (κ3) is 4.37. The second-order valence-corrected chi connectivity index (χ2v) is 17.7. The number of pyridine rings is 2. The maximum Gasteiger partial charge on any atom is 0.152 e. The minimum Gasteiger partial charge on any atom is -0.453 e. The molecule has 8 heteroatoms. The molecule has 6 nitrogen and oxygen atoms in total. The molecule has 0 radical (unpaired) electrons. The maximum absolute atomic E-state index is 6.63. The third-order valence-corrected chi connectivity index (χ3v) is 14.8. The fraction of sp³-hybridized carbons (Fsp3) is 0.125. The highest BCUT2D eigenvalue weighted by Gasteiger charge is 2.39. The molecule has 0 saturated heterocycles. The van der Waals surface area contributed by atoms with Crippen LogP contribution in [0.5, 0.6) is 23.0 Å². The van der Waals surface area contributed by atoms with Crippen LogP contribution in [0.25, 0.3) is 11.1 Å². The number of para-hydroxylation sites is 4. The number of hydrogen-bond donors (Lipinski definition) is 0. The molecule has 0 amide bonds. The third-order valence-electron chi connectivity index (χ3n) is 12.2. The first kappa shape index (κ1) is 31.3. The Labute approximate surface area is 332 Å². The summed E-state index contributed by atoms with van der Waals surface area (Å²) in [6.07, 6.45) is 22.0. The van der Waals surface area contributed by atoms with Crippen molar-refractivity contribution in [2.45, 2.75) is 45.0 Å². The van der Waals surface area contributed by atoms with Gasteiger partial charge in [0.1, 0.15) is 0 Å². The van der Waals surface area contributed by atoms with Gasteiger partial charge >= 0.3 is 0 Å². The fourth-order valence-electron chi connectivity index (χ4n) is 9.56.